The van der Waals surface area contributed by atoms with E-state index in [1.54, 1.807) is 13.2 Å². The Labute approximate surface area is 112 Å². The van der Waals surface area contributed by atoms with Crippen molar-refractivity contribution in [3.05, 3.63) is 6.20 Å². The fourth-order valence-electron chi connectivity index (χ4n) is 1.69. The second kappa shape index (κ2) is 5.83. The van der Waals surface area contributed by atoms with Gasteiger partial charge in [0.25, 0.3) is 0 Å². The molecule has 0 aliphatic carbocycles. The van der Waals surface area contributed by atoms with Gasteiger partial charge in [-0.1, -0.05) is 0 Å². The summed E-state index contributed by atoms with van der Waals surface area (Å²) in [7, 11) is 3.91. The average Bonchev–Trinajstić information content (AvgIpc) is 2.86. The van der Waals surface area contributed by atoms with E-state index in [1.165, 1.54) is 0 Å². The maximum atomic E-state index is 4.42. The first-order chi connectivity index (χ1) is 9.11. The van der Waals surface area contributed by atoms with Crippen LogP contribution in [0.15, 0.2) is 6.20 Å². The SMILES string of the molecule is CNc1nc(NCCN(C)C(C)C)c2cn[nH]c2n1. The molecule has 7 nitrogen and oxygen atoms in total. The van der Waals surface area contributed by atoms with Gasteiger partial charge in [0.1, 0.15) is 5.82 Å². The Morgan fingerprint density at radius 1 is 1.37 bits per heavy atom. The summed E-state index contributed by atoms with van der Waals surface area (Å²) in [4.78, 5) is 11.0. The highest BCUT2D eigenvalue weighted by Gasteiger charge is 2.09. The lowest BCUT2D eigenvalue weighted by molar-refractivity contribution is 0.284. The first kappa shape index (κ1) is 13.5. The van der Waals surface area contributed by atoms with E-state index in [-0.39, 0.29) is 0 Å². The molecular weight excluding hydrogens is 242 g/mol. The minimum atomic E-state index is 0.536. The van der Waals surface area contributed by atoms with Crippen LogP contribution < -0.4 is 10.6 Å². The molecule has 19 heavy (non-hydrogen) atoms. The molecule has 0 aliphatic heterocycles. The second-order valence-electron chi connectivity index (χ2n) is 4.78. The summed E-state index contributed by atoms with van der Waals surface area (Å²) in [6.45, 7) is 6.14. The van der Waals surface area contributed by atoms with Crippen LogP contribution in [0.2, 0.25) is 0 Å². The van der Waals surface area contributed by atoms with Gasteiger partial charge in [-0.3, -0.25) is 5.10 Å². The van der Waals surface area contributed by atoms with Crippen molar-refractivity contribution >= 4 is 22.8 Å². The molecule has 0 radical (unpaired) electrons. The molecule has 2 heterocycles. The molecule has 0 saturated carbocycles. The first-order valence-electron chi connectivity index (χ1n) is 6.44. The van der Waals surface area contributed by atoms with Gasteiger partial charge in [0.15, 0.2) is 5.65 Å². The van der Waals surface area contributed by atoms with Crippen molar-refractivity contribution in [2.75, 3.05) is 37.8 Å². The number of fused-ring (bicyclic) bond motifs is 1. The lowest BCUT2D eigenvalue weighted by Gasteiger charge is -2.21. The number of hydrogen-bond acceptors (Lipinski definition) is 6. The molecule has 0 atom stereocenters. The van der Waals surface area contributed by atoms with E-state index in [0.29, 0.717) is 12.0 Å². The van der Waals surface area contributed by atoms with Gasteiger partial charge in [0.2, 0.25) is 5.95 Å². The summed E-state index contributed by atoms with van der Waals surface area (Å²) in [6.07, 6.45) is 1.74. The third-order valence-corrected chi connectivity index (χ3v) is 3.17. The number of nitrogens with zero attached hydrogens (tertiary/aromatic N) is 4. The van der Waals surface area contributed by atoms with Crippen molar-refractivity contribution in [2.24, 2.45) is 0 Å². The molecule has 0 fully saturated rings. The number of aromatic nitrogens is 4. The summed E-state index contributed by atoms with van der Waals surface area (Å²) in [5.74, 6) is 1.39. The van der Waals surface area contributed by atoms with Crippen LogP contribution in [0.4, 0.5) is 11.8 Å². The van der Waals surface area contributed by atoms with Gasteiger partial charge in [0, 0.05) is 26.2 Å². The van der Waals surface area contributed by atoms with Gasteiger partial charge in [-0.05, 0) is 20.9 Å². The van der Waals surface area contributed by atoms with Crippen molar-refractivity contribution in [1.29, 1.82) is 0 Å². The zero-order valence-corrected chi connectivity index (χ0v) is 11.9. The Kier molecular flexibility index (Phi) is 4.16. The Morgan fingerprint density at radius 2 is 2.16 bits per heavy atom. The normalized spacial score (nSPS) is 11.5. The highest BCUT2D eigenvalue weighted by atomic mass is 15.2. The molecule has 0 spiro atoms. The minimum absolute atomic E-state index is 0.536. The fraction of sp³-hybridized carbons (Fsp3) is 0.583. The number of anilines is 2. The number of hydrogen-bond donors (Lipinski definition) is 3. The van der Waals surface area contributed by atoms with E-state index in [1.807, 2.05) is 0 Å². The quantitative estimate of drug-likeness (QED) is 0.725. The van der Waals surface area contributed by atoms with Gasteiger partial charge >= 0.3 is 0 Å². The van der Waals surface area contributed by atoms with Crippen molar-refractivity contribution in [3.63, 3.8) is 0 Å². The van der Waals surface area contributed by atoms with Gasteiger partial charge in [-0.25, -0.2) is 0 Å². The highest BCUT2D eigenvalue weighted by Crippen LogP contribution is 2.19. The molecule has 2 aromatic rings. The zero-order valence-electron chi connectivity index (χ0n) is 11.9. The molecule has 0 aromatic carbocycles. The maximum absolute atomic E-state index is 4.42. The molecule has 0 bridgehead atoms. The number of likely N-dealkylation sites (N-methyl/N-ethyl adjacent to an activating group) is 1. The molecule has 0 saturated heterocycles. The summed E-state index contributed by atoms with van der Waals surface area (Å²) in [5.41, 5.74) is 0.735. The Hall–Kier alpha value is -1.89. The average molecular weight is 263 g/mol. The predicted octanol–water partition coefficient (Wildman–Crippen LogP) is 1.15. The maximum Gasteiger partial charge on any atom is 0.226 e. The molecular formula is C12H21N7. The largest absolute Gasteiger partial charge is 0.368 e. The highest BCUT2D eigenvalue weighted by molar-refractivity contribution is 5.86. The van der Waals surface area contributed by atoms with E-state index < -0.39 is 0 Å². The van der Waals surface area contributed by atoms with Crippen molar-refractivity contribution < 1.29 is 0 Å². The third-order valence-electron chi connectivity index (χ3n) is 3.17. The Balaban J connectivity index is 2.09. The third kappa shape index (κ3) is 3.11. The van der Waals surface area contributed by atoms with Crippen LogP contribution in [0.3, 0.4) is 0 Å². The topological polar surface area (TPSA) is 81.8 Å². The van der Waals surface area contributed by atoms with Crippen LogP contribution in [0.25, 0.3) is 11.0 Å². The van der Waals surface area contributed by atoms with E-state index in [9.17, 15) is 0 Å². The van der Waals surface area contributed by atoms with Crippen LogP contribution in [-0.2, 0) is 0 Å². The van der Waals surface area contributed by atoms with Crippen LogP contribution in [0.1, 0.15) is 13.8 Å². The van der Waals surface area contributed by atoms with E-state index in [4.69, 9.17) is 0 Å². The smallest absolute Gasteiger partial charge is 0.226 e. The molecule has 0 unspecified atom stereocenters. The molecule has 7 heteroatoms. The monoisotopic (exact) mass is 263 g/mol. The van der Waals surface area contributed by atoms with Crippen molar-refractivity contribution in [1.82, 2.24) is 25.1 Å². The Bertz CT molecular complexity index is 534. The van der Waals surface area contributed by atoms with Gasteiger partial charge in [-0.2, -0.15) is 15.1 Å². The molecule has 2 aromatic heterocycles. The number of H-pyrrole nitrogens is 1. The number of nitrogens with one attached hydrogen (secondary N) is 3. The van der Waals surface area contributed by atoms with Crippen LogP contribution >= 0.6 is 0 Å². The molecule has 2 rings (SSSR count). The number of aromatic amines is 1. The van der Waals surface area contributed by atoms with Gasteiger partial charge < -0.3 is 15.5 Å². The van der Waals surface area contributed by atoms with Crippen LogP contribution in [-0.4, -0.2) is 58.3 Å². The first-order valence-corrected chi connectivity index (χ1v) is 6.44. The van der Waals surface area contributed by atoms with Crippen molar-refractivity contribution in [3.8, 4) is 0 Å². The Morgan fingerprint density at radius 3 is 2.84 bits per heavy atom. The molecule has 104 valence electrons. The molecule has 0 amide bonds. The summed E-state index contributed by atoms with van der Waals surface area (Å²) in [5, 5.41) is 14.1. The predicted molar refractivity (Wildman–Crippen MR) is 77.5 cm³/mol. The summed E-state index contributed by atoms with van der Waals surface area (Å²) < 4.78 is 0. The summed E-state index contributed by atoms with van der Waals surface area (Å²) in [6, 6.07) is 0.536. The second-order valence-corrected chi connectivity index (χ2v) is 4.78. The molecule has 0 aliphatic rings. The standard InChI is InChI=1S/C12H21N7/c1-8(2)19(4)6-5-14-10-9-7-15-18-11(9)17-12(13-3)16-10/h7-8H,5-6H2,1-4H3,(H3,13,14,15,16,17,18). The zero-order chi connectivity index (χ0) is 13.8. The van der Waals surface area contributed by atoms with Crippen LogP contribution in [0, 0.1) is 0 Å². The van der Waals surface area contributed by atoms with Gasteiger partial charge in [0.05, 0.1) is 11.6 Å². The number of rotatable bonds is 6. The fourth-order valence-corrected chi connectivity index (χ4v) is 1.69. The van der Waals surface area contributed by atoms with Crippen LogP contribution in [0.5, 0.6) is 0 Å². The van der Waals surface area contributed by atoms with Crippen molar-refractivity contribution in [2.45, 2.75) is 19.9 Å². The van der Waals surface area contributed by atoms with E-state index >= 15 is 0 Å². The van der Waals surface area contributed by atoms with Gasteiger partial charge in [-0.15, -0.1) is 0 Å². The lowest BCUT2D eigenvalue weighted by Crippen LogP contribution is -2.31. The summed E-state index contributed by atoms with van der Waals surface area (Å²) >= 11 is 0. The van der Waals surface area contributed by atoms with E-state index in [0.717, 1.165) is 29.9 Å². The molecule has 3 N–H and O–H groups in total. The lowest BCUT2D eigenvalue weighted by atomic mass is 10.3. The minimum Gasteiger partial charge on any atom is -0.368 e. The van der Waals surface area contributed by atoms with E-state index in [2.05, 4.69) is 56.6 Å².